The van der Waals surface area contributed by atoms with Crippen molar-refractivity contribution in [2.24, 2.45) is 0 Å². The molecule has 134 valence electrons. The second-order valence-electron chi connectivity index (χ2n) is 6.50. The standard InChI is InChI=1S/C18H18N4O4/c1-9-8-12(23)13(17(25)26-9)11-6-7-19-15-14(11)16(24)22-18(21-15)20-10-4-2-3-5-10/h6-8,10,23H,2-5H2,1H3,(H2,19,20,21,22,24). The van der Waals surface area contributed by atoms with Crippen LogP contribution in [0.15, 0.2) is 32.3 Å². The first-order valence-electron chi connectivity index (χ1n) is 8.52. The normalized spacial score (nSPS) is 14.8. The highest BCUT2D eigenvalue weighted by molar-refractivity contribution is 5.93. The van der Waals surface area contributed by atoms with Crippen LogP contribution in [0.2, 0.25) is 0 Å². The molecule has 26 heavy (non-hydrogen) atoms. The number of fused-ring (bicyclic) bond motifs is 1. The second kappa shape index (κ2) is 6.29. The third-order valence-electron chi connectivity index (χ3n) is 4.63. The largest absolute Gasteiger partial charge is 0.507 e. The van der Waals surface area contributed by atoms with Gasteiger partial charge in [0, 0.05) is 23.9 Å². The number of hydrogen-bond acceptors (Lipinski definition) is 7. The van der Waals surface area contributed by atoms with Gasteiger partial charge in [-0.25, -0.2) is 9.78 Å². The van der Waals surface area contributed by atoms with Gasteiger partial charge in [0.15, 0.2) is 5.65 Å². The molecule has 4 rings (SSSR count). The number of aryl methyl sites for hydroxylation is 1. The first-order chi connectivity index (χ1) is 12.5. The van der Waals surface area contributed by atoms with E-state index >= 15 is 0 Å². The molecule has 0 unspecified atom stereocenters. The summed E-state index contributed by atoms with van der Waals surface area (Å²) in [6.45, 7) is 1.56. The fourth-order valence-corrected chi connectivity index (χ4v) is 3.45. The van der Waals surface area contributed by atoms with Crippen LogP contribution in [0.25, 0.3) is 22.2 Å². The third kappa shape index (κ3) is 2.83. The summed E-state index contributed by atoms with van der Waals surface area (Å²) in [4.78, 5) is 36.1. The molecule has 0 amide bonds. The molecule has 0 radical (unpaired) electrons. The van der Waals surface area contributed by atoms with Crippen molar-refractivity contribution in [3.63, 3.8) is 0 Å². The monoisotopic (exact) mass is 354 g/mol. The summed E-state index contributed by atoms with van der Waals surface area (Å²) in [7, 11) is 0. The van der Waals surface area contributed by atoms with E-state index in [-0.39, 0.29) is 39.7 Å². The van der Waals surface area contributed by atoms with Crippen molar-refractivity contribution in [3.8, 4) is 16.9 Å². The molecule has 3 aromatic heterocycles. The van der Waals surface area contributed by atoms with Crippen molar-refractivity contribution in [2.45, 2.75) is 38.6 Å². The molecule has 3 aromatic rings. The number of rotatable bonds is 3. The minimum Gasteiger partial charge on any atom is -0.507 e. The smallest absolute Gasteiger partial charge is 0.347 e. The van der Waals surface area contributed by atoms with E-state index in [1.165, 1.54) is 18.3 Å². The van der Waals surface area contributed by atoms with E-state index in [1.54, 1.807) is 6.92 Å². The zero-order valence-corrected chi connectivity index (χ0v) is 14.2. The summed E-state index contributed by atoms with van der Waals surface area (Å²) in [5.74, 6) is 0.391. The van der Waals surface area contributed by atoms with Gasteiger partial charge in [0.05, 0.1) is 5.39 Å². The van der Waals surface area contributed by atoms with E-state index in [4.69, 9.17) is 4.42 Å². The van der Waals surface area contributed by atoms with Crippen LogP contribution < -0.4 is 16.5 Å². The fourth-order valence-electron chi connectivity index (χ4n) is 3.45. The van der Waals surface area contributed by atoms with Gasteiger partial charge in [0.2, 0.25) is 5.95 Å². The molecular formula is C18H18N4O4. The van der Waals surface area contributed by atoms with Gasteiger partial charge in [-0.15, -0.1) is 0 Å². The third-order valence-corrected chi connectivity index (χ3v) is 4.63. The average Bonchev–Trinajstić information content (AvgIpc) is 3.06. The van der Waals surface area contributed by atoms with Crippen LogP contribution in [0.5, 0.6) is 5.75 Å². The van der Waals surface area contributed by atoms with Crippen molar-refractivity contribution < 1.29 is 9.52 Å². The summed E-state index contributed by atoms with van der Waals surface area (Å²) < 4.78 is 5.06. The molecule has 1 fully saturated rings. The Morgan fingerprint density at radius 2 is 2.08 bits per heavy atom. The number of aromatic amines is 1. The Labute approximate surface area is 147 Å². The molecule has 8 heteroatoms. The van der Waals surface area contributed by atoms with Crippen LogP contribution in [0.4, 0.5) is 5.95 Å². The average molecular weight is 354 g/mol. The van der Waals surface area contributed by atoms with Crippen LogP contribution in [0.3, 0.4) is 0 Å². The molecule has 0 bridgehead atoms. The number of aromatic nitrogens is 3. The zero-order chi connectivity index (χ0) is 18.3. The lowest BCUT2D eigenvalue weighted by Gasteiger charge is -2.13. The molecule has 0 saturated heterocycles. The van der Waals surface area contributed by atoms with Crippen molar-refractivity contribution in [2.75, 3.05) is 5.32 Å². The Bertz CT molecular complexity index is 1100. The number of pyridine rings is 1. The second-order valence-corrected chi connectivity index (χ2v) is 6.50. The Morgan fingerprint density at radius 1 is 1.31 bits per heavy atom. The van der Waals surface area contributed by atoms with Gasteiger partial charge in [0.25, 0.3) is 5.56 Å². The maximum Gasteiger partial charge on any atom is 0.347 e. The van der Waals surface area contributed by atoms with E-state index < -0.39 is 11.2 Å². The lowest BCUT2D eigenvalue weighted by molar-refractivity contribution is 0.438. The molecule has 0 atom stereocenters. The SMILES string of the molecule is Cc1cc(O)c(-c2ccnc3nc(NC4CCCC4)[nH]c(=O)c23)c(=O)o1. The minimum atomic E-state index is -0.720. The number of H-pyrrole nitrogens is 1. The Kier molecular flexibility index (Phi) is 3.95. The van der Waals surface area contributed by atoms with E-state index in [1.807, 2.05) is 0 Å². The van der Waals surface area contributed by atoms with Gasteiger partial charge in [-0.3, -0.25) is 9.78 Å². The van der Waals surface area contributed by atoms with Gasteiger partial charge in [-0.1, -0.05) is 12.8 Å². The number of nitrogens with one attached hydrogen (secondary N) is 2. The molecule has 3 heterocycles. The molecule has 0 aromatic carbocycles. The number of aromatic hydroxyl groups is 1. The summed E-state index contributed by atoms with van der Waals surface area (Å²) in [6.07, 6.45) is 5.82. The fraction of sp³-hybridized carbons (Fsp3) is 0.333. The van der Waals surface area contributed by atoms with E-state index in [0.29, 0.717) is 5.95 Å². The first-order valence-corrected chi connectivity index (χ1v) is 8.52. The summed E-state index contributed by atoms with van der Waals surface area (Å²) >= 11 is 0. The Morgan fingerprint density at radius 3 is 2.81 bits per heavy atom. The van der Waals surface area contributed by atoms with Crippen molar-refractivity contribution in [1.29, 1.82) is 0 Å². The summed E-state index contributed by atoms with van der Waals surface area (Å²) in [5.41, 5.74) is -0.791. The molecule has 8 nitrogen and oxygen atoms in total. The van der Waals surface area contributed by atoms with Crippen molar-refractivity contribution in [3.05, 3.63) is 44.9 Å². The van der Waals surface area contributed by atoms with Gasteiger partial charge in [0.1, 0.15) is 17.1 Å². The van der Waals surface area contributed by atoms with Gasteiger partial charge >= 0.3 is 5.63 Å². The predicted molar refractivity (Wildman–Crippen MR) is 96.4 cm³/mol. The molecular weight excluding hydrogens is 336 g/mol. The molecule has 3 N–H and O–H groups in total. The Hall–Kier alpha value is -3.16. The maximum absolute atomic E-state index is 12.7. The quantitative estimate of drug-likeness (QED) is 0.660. The van der Waals surface area contributed by atoms with Crippen LogP contribution in [-0.4, -0.2) is 26.1 Å². The highest BCUT2D eigenvalue weighted by Gasteiger charge is 2.20. The maximum atomic E-state index is 12.7. The molecule has 0 aliphatic heterocycles. The highest BCUT2D eigenvalue weighted by Crippen LogP contribution is 2.30. The molecule has 1 saturated carbocycles. The van der Waals surface area contributed by atoms with Crippen molar-refractivity contribution >= 4 is 17.0 Å². The van der Waals surface area contributed by atoms with Gasteiger partial charge < -0.3 is 14.8 Å². The van der Waals surface area contributed by atoms with Gasteiger partial charge in [-0.05, 0) is 25.8 Å². The lowest BCUT2D eigenvalue weighted by Crippen LogP contribution is -2.21. The first kappa shape index (κ1) is 16.3. The summed E-state index contributed by atoms with van der Waals surface area (Å²) in [5, 5.41) is 13.6. The van der Waals surface area contributed by atoms with E-state index in [0.717, 1.165) is 25.7 Å². The predicted octanol–water partition coefficient (Wildman–Crippen LogP) is 2.31. The topological polar surface area (TPSA) is 121 Å². The number of nitrogens with zero attached hydrogens (tertiary/aromatic N) is 2. The van der Waals surface area contributed by atoms with Crippen molar-refractivity contribution in [1.82, 2.24) is 15.0 Å². The minimum absolute atomic E-state index is 0.0770. The number of hydrogen-bond donors (Lipinski definition) is 3. The Balaban J connectivity index is 1.88. The van der Waals surface area contributed by atoms with Gasteiger partial charge in [-0.2, -0.15) is 4.98 Å². The molecule has 1 aliphatic carbocycles. The molecule has 0 spiro atoms. The van der Waals surface area contributed by atoms with Crippen LogP contribution in [-0.2, 0) is 0 Å². The number of anilines is 1. The van der Waals surface area contributed by atoms with Crippen LogP contribution in [0.1, 0.15) is 31.4 Å². The lowest BCUT2D eigenvalue weighted by atomic mass is 10.0. The van der Waals surface area contributed by atoms with E-state index in [2.05, 4.69) is 20.3 Å². The molecule has 1 aliphatic rings. The summed E-state index contributed by atoms with van der Waals surface area (Å²) in [6, 6.07) is 3.11. The van der Waals surface area contributed by atoms with E-state index in [9.17, 15) is 14.7 Å². The van der Waals surface area contributed by atoms with Crippen LogP contribution in [0, 0.1) is 6.92 Å². The zero-order valence-electron chi connectivity index (χ0n) is 14.2. The highest BCUT2D eigenvalue weighted by atomic mass is 16.4. The van der Waals surface area contributed by atoms with Crippen LogP contribution >= 0.6 is 0 Å².